The van der Waals surface area contributed by atoms with Gasteiger partial charge in [-0.25, -0.2) is 4.98 Å². The lowest BCUT2D eigenvalue weighted by atomic mass is 9.78. The highest BCUT2D eigenvalue weighted by Crippen LogP contribution is 2.40. The van der Waals surface area contributed by atoms with E-state index in [2.05, 4.69) is 33.0 Å². The number of tetrazole rings is 1. The Morgan fingerprint density at radius 1 is 1.16 bits per heavy atom. The van der Waals surface area contributed by atoms with Crippen LogP contribution in [0.5, 0.6) is 0 Å². The first-order chi connectivity index (χ1) is 21.0. The van der Waals surface area contributed by atoms with Crippen LogP contribution in [0.2, 0.25) is 0 Å². The molecule has 1 aromatic carbocycles. The number of hydrogen-bond acceptors (Lipinski definition) is 7. The normalized spacial score (nSPS) is 20.8. The average molecular weight is 610 g/mol. The van der Waals surface area contributed by atoms with E-state index in [0.717, 1.165) is 67.0 Å². The molecule has 234 valence electrons. The second kappa shape index (κ2) is 13.2. The molecule has 9 nitrogen and oxygen atoms in total. The Balaban J connectivity index is 1.51. The number of rotatable bonds is 10. The van der Waals surface area contributed by atoms with Crippen molar-refractivity contribution in [2.45, 2.75) is 70.8 Å². The molecule has 1 aliphatic heterocycles. The number of benzene rings is 1. The van der Waals surface area contributed by atoms with E-state index in [-0.39, 0.29) is 18.5 Å². The Morgan fingerprint density at radius 2 is 1.93 bits per heavy atom. The predicted octanol–water partition coefficient (Wildman–Crippen LogP) is 6.20. The molecule has 0 bridgehead atoms. The number of nitrogens with zero attached hydrogens (tertiary/aromatic N) is 7. The van der Waals surface area contributed by atoms with E-state index in [9.17, 15) is 23.1 Å². The Labute approximate surface area is 255 Å². The number of aliphatic carboxylic acids is 1. The molecule has 0 unspecified atom stereocenters. The predicted molar refractivity (Wildman–Crippen MR) is 162 cm³/mol. The molecule has 3 aromatic rings. The molecule has 1 aliphatic carbocycles. The van der Waals surface area contributed by atoms with Gasteiger partial charge in [0.1, 0.15) is 5.82 Å². The van der Waals surface area contributed by atoms with Gasteiger partial charge in [-0.3, -0.25) is 4.79 Å². The van der Waals surface area contributed by atoms with Crippen molar-refractivity contribution in [3.8, 4) is 0 Å². The van der Waals surface area contributed by atoms with Crippen LogP contribution in [0.25, 0.3) is 6.08 Å². The zero-order chi connectivity index (χ0) is 31.4. The molecular formula is C32H38F3N7O2. The molecule has 2 aromatic heterocycles. The lowest BCUT2D eigenvalue weighted by Crippen LogP contribution is -2.39. The van der Waals surface area contributed by atoms with Crippen LogP contribution < -0.4 is 9.80 Å². The molecule has 0 amide bonds. The lowest BCUT2D eigenvalue weighted by molar-refractivity contribution is -0.143. The van der Waals surface area contributed by atoms with E-state index in [4.69, 9.17) is 4.98 Å². The third-order valence-corrected chi connectivity index (χ3v) is 8.70. The second-order valence-corrected chi connectivity index (χ2v) is 11.8. The summed E-state index contributed by atoms with van der Waals surface area (Å²) >= 11 is 0. The van der Waals surface area contributed by atoms with Crippen molar-refractivity contribution in [1.29, 1.82) is 0 Å². The number of aromatic nitrogens is 5. The number of carboxylic acid groups (broad SMARTS) is 1. The molecule has 0 radical (unpaired) electrons. The van der Waals surface area contributed by atoms with Gasteiger partial charge < -0.3 is 14.9 Å². The molecule has 3 heterocycles. The minimum atomic E-state index is -4.46. The van der Waals surface area contributed by atoms with Crippen molar-refractivity contribution < 1.29 is 23.1 Å². The van der Waals surface area contributed by atoms with E-state index in [0.29, 0.717) is 36.8 Å². The zero-order valence-corrected chi connectivity index (χ0v) is 25.0. The van der Waals surface area contributed by atoms with Gasteiger partial charge in [0.2, 0.25) is 0 Å². The van der Waals surface area contributed by atoms with Gasteiger partial charge in [-0.15, -0.1) is 5.10 Å². The molecule has 44 heavy (non-hydrogen) atoms. The molecule has 12 heteroatoms. The lowest BCUT2D eigenvalue weighted by Gasteiger charge is -2.37. The fraction of sp³-hybridized carbons (Fsp3) is 0.469. The first-order valence-corrected chi connectivity index (χ1v) is 15.0. The van der Waals surface area contributed by atoms with Gasteiger partial charge in [-0.05, 0) is 92.0 Å². The number of hydrogen-bond donors (Lipinski definition) is 1. The minimum Gasteiger partial charge on any atom is -0.481 e. The Morgan fingerprint density at radius 3 is 2.59 bits per heavy atom. The molecule has 1 saturated heterocycles. The summed E-state index contributed by atoms with van der Waals surface area (Å²) in [7, 11) is 1.64. The summed E-state index contributed by atoms with van der Waals surface area (Å²) in [5.41, 5.74) is 2.43. The summed E-state index contributed by atoms with van der Waals surface area (Å²) in [6.07, 6.45) is 6.06. The van der Waals surface area contributed by atoms with Crippen LogP contribution in [0.4, 0.5) is 24.9 Å². The van der Waals surface area contributed by atoms with Crippen LogP contribution in [0.15, 0.2) is 49.1 Å². The van der Waals surface area contributed by atoms with Crippen LogP contribution in [0.3, 0.4) is 0 Å². The maximum absolute atomic E-state index is 13.5. The van der Waals surface area contributed by atoms with E-state index in [1.807, 2.05) is 24.0 Å². The fourth-order valence-corrected chi connectivity index (χ4v) is 6.53. The molecule has 2 aliphatic rings. The first kappa shape index (κ1) is 31.2. The second-order valence-electron chi connectivity index (χ2n) is 11.8. The summed E-state index contributed by atoms with van der Waals surface area (Å²) in [6.45, 7) is 7.01. The molecule has 1 N–H and O–H groups in total. The largest absolute Gasteiger partial charge is 0.481 e. The third kappa shape index (κ3) is 7.11. The van der Waals surface area contributed by atoms with E-state index < -0.39 is 17.7 Å². The summed E-state index contributed by atoms with van der Waals surface area (Å²) in [4.78, 5) is 22.2. The van der Waals surface area contributed by atoms with Crippen LogP contribution in [-0.4, -0.2) is 48.9 Å². The Bertz CT molecular complexity index is 1510. The number of halogens is 3. The van der Waals surface area contributed by atoms with Crippen molar-refractivity contribution in [3.63, 3.8) is 0 Å². The number of carbonyl (C=O) groups is 1. The van der Waals surface area contributed by atoms with Crippen molar-refractivity contribution in [1.82, 2.24) is 25.2 Å². The summed E-state index contributed by atoms with van der Waals surface area (Å²) in [5.74, 6) is 0.480. The summed E-state index contributed by atoms with van der Waals surface area (Å²) < 4.78 is 40.6. The van der Waals surface area contributed by atoms with Crippen LogP contribution in [-0.2, 0) is 31.1 Å². The van der Waals surface area contributed by atoms with Crippen LogP contribution >= 0.6 is 0 Å². The SMILES string of the molecule is C=C/C=C\c1nc(N2CCC[C@@H]2[C@H]2CC[C@H](C(=O)O)CC2)c(CN(Cc2cccc(C(F)(F)F)c2)c2nnn(C)n2)cc1C. The third-order valence-electron chi connectivity index (χ3n) is 8.70. The summed E-state index contributed by atoms with van der Waals surface area (Å²) in [5, 5.41) is 22.1. The quantitative estimate of drug-likeness (QED) is 0.272. The standard InChI is InChI=1S/C32H38F3N7O2/c1-4-5-10-27-21(2)17-25(29(36-27)42-16-7-11-28(42)23-12-14-24(15-13-23)30(43)44)20-41(31-37-39-40(3)38-31)19-22-8-6-9-26(18-22)32(33,34)35/h4-6,8-10,17-18,23-24,28H,1,7,11-16,19-20H2,2-3H3,(H,43,44)/b10-5-/t23-,24-,28-/m1/s1. The van der Waals surface area contributed by atoms with Crippen molar-refractivity contribution in [3.05, 3.63) is 77.0 Å². The maximum atomic E-state index is 13.5. The molecule has 1 saturated carbocycles. The van der Waals surface area contributed by atoms with E-state index in [1.54, 1.807) is 19.2 Å². The maximum Gasteiger partial charge on any atom is 0.416 e. The number of aryl methyl sites for hydroxylation is 2. The number of allylic oxidation sites excluding steroid dienone is 2. The smallest absolute Gasteiger partial charge is 0.416 e. The van der Waals surface area contributed by atoms with E-state index >= 15 is 0 Å². The van der Waals surface area contributed by atoms with Gasteiger partial charge in [0.05, 0.1) is 24.2 Å². The van der Waals surface area contributed by atoms with Gasteiger partial charge in [-0.2, -0.15) is 18.0 Å². The van der Waals surface area contributed by atoms with Crippen LogP contribution in [0.1, 0.15) is 66.5 Å². The van der Waals surface area contributed by atoms with E-state index in [1.165, 1.54) is 10.9 Å². The number of carboxylic acids is 1. The van der Waals surface area contributed by atoms with Crippen molar-refractivity contribution in [2.24, 2.45) is 18.9 Å². The zero-order valence-electron chi connectivity index (χ0n) is 25.0. The van der Waals surface area contributed by atoms with Crippen LogP contribution in [0, 0.1) is 18.8 Å². The first-order valence-electron chi connectivity index (χ1n) is 15.0. The number of alkyl halides is 3. The minimum absolute atomic E-state index is 0.134. The van der Waals surface area contributed by atoms with Gasteiger partial charge in [-0.1, -0.05) is 36.0 Å². The molecule has 0 spiro atoms. The van der Waals surface area contributed by atoms with Gasteiger partial charge in [0.15, 0.2) is 0 Å². The highest BCUT2D eigenvalue weighted by molar-refractivity contribution is 5.70. The topological polar surface area (TPSA) is 100 Å². The number of anilines is 2. The number of pyridine rings is 1. The highest BCUT2D eigenvalue weighted by atomic mass is 19.4. The monoisotopic (exact) mass is 609 g/mol. The fourth-order valence-electron chi connectivity index (χ4n) is 6.53. The highest BCUT2D eigenvalue weighted by Gasteiger charge is 2.37. The van der Waals surface area contributed by atoms with Crippen molar-refractivity contribution in [2.75, 3.05) is 16.3 Å². The molecule has 1 atom stereocenters. The van der Waals surface area contributed by atoms with Crippen molar-refractivity contribution >= 4 is 23.8 Å². The van der Waals surface area contributed by atoms with Gasteiger partial charge in [0.25, 0.3) is 5.95 Å². The average Bonchev–Trinajstić information content (AvgIpc) is 3.66. The Kier molecular flexibility index (Phi) is 9.36. The molecule has 5 rings (SSSR count). The molecule has 2 fully saturated rings. The Hall–Kier alpha value is -4.22. The molecular weight excluding hydrogens is 571 g/mol. The summed E-state index contributed by atoms with van der Waals surface area (Å²) in [6, 6.07) is 7.59. The van der Waals surface area contributed by atoms with Gasteiger partial charge in [0, 0.05) is 31.2 Å². The van der Waals surface area contributed by atoms with Gasteiger partial charge >= 0.3 is 12.1 Å².